The number of rotatable bonds is 6. The summed E-state index contributed by atoms with van der Waals surface area (Å²) in [5.74, 6) is -0.605. The molecule has 2 aromatic rings. The van der Waals surface area contributed by atoms with Crippen molar-refractivity contribution in [1.82, 2.24) is 9.80 Å². The summed E-state index contributed by atoms with van der Waals surface area (Å²) in [7, 11) is 5.50. The number of para-hydroxylation sites is 1. The molecule has 0 saturated heterocycles. The minimum atomic E-state index is -0.375. The van der Waals surface area contributed by atoms with Crippen molar-refractivity contribution in [2.45, 2.75) is 6.54 Å². The molecule has 0 saturated carbocycles. The molecule has 138 valence electrons. The van der Waals surface area contributed by atoms with Crippen LogP contribution in [-0.4, -0.2) is 49.3 Å². The first-order valence-electron chi connectivity index (χ1n) is 8.01. The number of benzene rings is 2. The largest absolute Gasteiger partial charge is 0.332 e. The summed E-state index contributed by atoms with van der Waals surface area (Å²) in [5, 5.41) is 3.34. The van der Waals surface area contributed by atoms with Gasteiger partial charge in [0.2, 0.25) is 5.91 Å². The SMILES string of the molecule is CN(C)Cc1cccc(C(=O)N(C)CC(=O)Nc2c(Cl)cccc2Cl)c1. The Morgan fingerprint density at radius 1 is 1.00 bits per heavy atom. The molecule has 0 atom stereocenters. The summed E-state index contributed by atoms with van der Waals surface area (Å²) < 4.78 is 0. The van der Waals surface area contributed by atoms with Crippen molar-refractivity contribution in [2.24, 2.45) is 0 Å². The third-order valence-corrected chi connectivity index (χ3v) is 4.26. The van der Waals surface area contributed by atoms with Crippen LogP contribution in [0.1, 0.15) is 15.9 Å². The van der Waals surface area contributed by atoms with E-state index in [0.29, 0.717) is 21.3 Å². The molecule has 0 aliphatic rings. The number of nitrogens with one attached hydrogen (secondary N) is 1. The predicted octanol–water partition coefficient (Wildman–Crippen LogP) is 3.77. The fourth-order valence-electron chi connectivity index (χ4n) is 2.47. The zero-order valence-corrected chi connectivity index (χ0v) is 16.4. The number of amides is 2. The molecule has 0 bridgehead atoms. The first kappa shape index (κ1) is 20.2. The van der Waals surface area contributed by atoms with E-state index in [9.17, 15) is 9.59 Å². The molecule has 0 aliphatic carbocycles. The van der Waals surface area contributed by atoms with Crippen molar-refractivity contribution in [3.63, 3.8) is 0 Å². The van der Waals surface area contributed by atoms with Crippen molar-refractivity contribution in [3.8, 4) is 0 Å². The highest BCUT2D eigenvalue weighted by atomic mass is 35.5. The topological polar surface area (TPSA) is 52.7 Å². The van der Waals surface area contributed by atoms with E-state index in [1.165, 1.54) is 4.90 Å². The third kappa shape index (κ3) is 5.46. The molecule has 0 unspecified atom stereocenters. The molecule has 2 rings (SSSR count). The van der Waals surface area contributed by atoms with Gasteiger partial charge in [0.1, 0.15) is 0 Å². The van der Waals surface area contributed by atoms with Crippen LogP contribution in [0.15, 0.2) is 42.5 Å². The summed E-state index contributed by atoms with van der Waals surface area (Å²) in [6.07, 6.45) is 0. The number of carbonyl (C=O) groups is 2. The molecule has 0 aliphatic heterocycles. The molecule has 0 heterocycles. The van der Waals surface area contributed by atoms with Crippen molar-refractivity contribution >= 4 is 40.7 Å². The minimum Gasteiger partial charge on any atom is -0.332 e. The molecule has 2 amide bonds. The van der Waals surface area contributed by atoms with Gasteiger partial charge in [-0.15, -0.1) is 0 Å². The van der Waals surface area contributed by atoms with Gasteiger partial charge >= 0.3 is 0 Å². The Morgan fingerprint density at radius 3 is 2.23 bits per heavy atom. The summed E-state index contributed by atoms with van der Waals surface area (Å²) in [4.78, 5) is 28.2. The lowest BCUT2D eigenvalue weighted by Gasteiger charge is -2.18. The highest BCUT2D eigenvalue weighted by Crippen LogP contribution is 2.29. The summed E-state index contributed by atoms with van der Waals surface area (Å²) in [6.45, 7) is 0.620. The van der Waals surface area contributed by atoms with Gasteiger partial charge in [-0.25, -0.2) is 0 Å². The Kier molecular flexibility index (Phi) is 7.03. The van der Waals surface area contributed by atoms with Crippen molar-refractivity contribution in [2.75, 3.05) is 33.0 Å². The lowest BCUT2D eigenvalue weighted by Crippen LogP contribution is -2.35. The average Bonchev–Trinajstić information content (AvgIpc) is 2.57. The Balaban J connectivity index is 2.03. The van der Waals surface area contributed by atoms with Crippen LogP contribution in [0.3, 0.4) is 0 Å². The molecular weight excluding hydrogens is 373 g/mol. The van der Waals surface area contributed by atoms with E-state index < -0.39 is 0 Å². The van der Waals surface area contributed by atoms with E-state index in [2.05, 4.69) is 5.32 Å². The average molecular weight is 394 g/mol. The van der Waals surface area contributed by atoms with Crippen LogP contribution < -0.4 is 5.32 Å². The van der Waals surface area contributed by atoms with Gasteiger partial charge in [0.25, 0.3) is 5.91 Å². The molecule has 5 nitrogen and oxygen atoms in total. The maximum atomic E-state index is 12.6. The van der Waals surface area contributed by atoms with Crippen LogP contribution in [0.25, 0.3) is 0 Å². The van der Waals surface area contributed by atoms with Crippen LogP contribution in [0.2, 0.25) is 10.0 Å². The second-order valence-electron chi connectivity index (χ2n) is 6.24. The second-order valence-corrected chi connectivity index (χ2v) is 7.06. The van der Waals surface area contributed by atoms with Crippen LogP contribution >= 0.6 is 23.2 Å². The number of hydrogen-bond donors (Lipinski definition) is 1. The van der Waals surface area contributed by atoms with Gasteiger partial charge in [-0.2, -0.15) is 0 Å². The Labute approximate surface area is 163 Å². The van der Waals surface area contributed by atoms with Gasteiger partial charge < -0.3 is 15.1 Å². The van der Waals surface area contributed by atoms with Crippen LogP contribution in [-0.2, 0) is 11.3 Å². The molecule has 7 heteroatoms. The number of anilines is 1. The van der Waals surface area contributed by atoms with E-state index in [4.69, 9.17) is 23.2 Å². The van der Waals surface area contributed by atoms with Crippen molar-refractivity contribution in [3.05, 3.63) is 63.6 Å². The monoisotopic (exact) mass is 393 g/mol. The van der Waals surface area contributed by atoms with Crippen LogP contribution in [0.4, 0.5) is 5.69 Å². The van der Waals surface area contributed by atoms with Gasteiger partial charge in [0.15, 0.2) is 0 Å². The normalized spacial score (nSPS) is 10.7. The van der Waals surface area contributed by atoms with E-state index >= 15 is 0 Å². The van der Waals surface area contributed by atoms with E-state index in [-0.39, 0.29) is 18.4 Å². The third-order valence-electron chi connectivity index (χ3n) is 3.63. The Morgan fingerprint density at radius 2 is 1.62 bits per heavy atom. The fraction of sp³-hybridized carbons (Fsp3) is 0.263. The zero-order valence-electron chi connectivity index (χ0n) is 14.9. The zero-order chi connectivity index (χ0) is 19.3. The summed E-state index contributed by atoms with van der Waals surface area (Å²) >= 11 is 12.1. The first-order chi connectivity index (χ1) is 12.3. The highest BCUT2D eigenvalue weighted by Gasteiger charge is 2.17. The van der Waals surface area contributed by atoms with Crippen molar-refractivity contribution < 1.29 is 9.59 Å². The molecule has 1 N–H and O–H groups in total. The molecule has 0 fully saturated rings. The van der Waals surface area contributed by atoms with Gasteiger partial charge in [0, 0.05) is 19.2 Å². The maximum Gasteiger partial charge on any atom is 0.254 e. The molecule has 26 heavy (non-hydrogen) atoms. The lowest BCUT2D eigenvalue weighted by molar-refractivity contribution is -0.116. The number of carbonyl (C=O) groups excluding carboxylic acids is 2. The fourth-order valence-corrected chi connectivity index (χ4v) is 2.96. The quantitative estimate of drug-likeness (QED) is 0.812. The summed E-state index contributed by atoms with van der Waals surface area (Å²) in [5.41, 5.74) is 1.91. The molecule has 0 aromatic heterocycles. The van der Waals surface area contributed by atoms with Crippen molar-refractivity contribution in [1.29, 1.82) is 0 Å². The first-order valence-corrected chi connectivity index (χ1v) is 8.76. The van der Waals surface area contributed by atoms with Gasteiger partial charge in [-0.1, -0.05) is 41.4 Å². The van der Waals surface area contributed by atoms with E-state index in [0.717, 1.165) is 12.1 Å². The minimum absolute atomic E-state index is 0.113. The molecule has 0 radical (unpaired) electrons. The smallest absolute Gasteiger partial charge is 0.254 e. The molecule has 0 spiro atoms. The number of likely N-dealkylation sites (N-methyl/N-ethyl adjacent to an activating group) is 1. The second kappa shape index (κ2) is 9.03. The predicted molar refractivity (Wildman–Crippen MR) is 106 cm³/mol. The van der Waals surface area contributed by atoms with Crippen LogP contribution in [0.5, 0.6) is 0 Å². The Hall–Kier alpha value is -2.08. The van der Waals surface area contributed by atoms with Gasteiger partial charge in [-0.3, -0.25) is 9.59 Å². The van der Waals surface area contributed by atoms with E-state index in [1.54, 1.807) is 31.3 Å². The number of nitrogens with zero attached hydrogens (tertiary/aromatic N) is 2. The summed E-state index contributed by atoms with van der Waals surface area (Å²) in [6, 6.07) is 12.3. The number of hydrogen-bond acceptors (Lipinski definition) is 3. The number of halogens is 2. The van der Waals surface area contributed by atoms with Gasteiger partial charge in [0.05, 0.1) is 22.3 Å². The standard InChI is InChI=1S/C19H21Cl2N3O2/c1-23(2)11-13-6-4-7-14(10-13)19(26)24(3)12-17(25)22-18-15(20)8-5-9-16(18)21/h4-10H,11-12H2,1-3H3,(H,22,25). The lowest BCUT2D eigenvalue weighted by atomic mass is 10.1. The maximum absolute atomic E-state index is 12.6. The van der Waals surface area contributed by atoms with Gasteiger partial charge in [-0.05, 0) is 43.9 Å². The van der Waals surface area contributed by atoms with E-state index in [1.807, 2.05) is 37.2 Å². The molecular formula is C19H21Cl2N3O2. The molecule has 2 aromatic carbocycles. The highest BCUT2D eigenvalue weighted by molar-refractivity contribution is 6.39. The Bertz CT molecular complexity index is 789. The van der Waals surface area contributed by atoms with Crippen LogP contribution in [0, 0.1) is 0 Å².